The molecule has 2 fully saturated rings. The topological polar surface area (TPSA) is 36.4 Å². The summed E-state index contributed by atoms with van der Waals surface area (Å²) >= 11 is 3.32. The number of nitrogens with zero attached hydrogens (tertiary/aromatic N) is 3. The van der Waals surface area contributed by atoms with Crippen LogP contribution in [0.15, 0.2) is 22.9 Å². The Morgan fingerprint density at radius 1 is 1.47 bits per heavy atom. The summed E-state index contributed by atoms with van der Waals surface area (Å²) in [7, 11) is 0. The Morgan fingerprint density at radius 3 is 3.11 bits per heavy atom. The third-order valence-electron chi connectivity index (χ3n) is 4.17. The van der Waals surface area contributed by atoms with Crippen LogP contribution in [0.1, 0.15) is 30.1 Å². The number of fused-ring (bicyclic) bond motifs is 1. The highest BCUT2D eigenvalue weighted by Crippen LogP contribution is 2.25. The van der Waals surface area contributed by atoms with E-state index in [-0.39, 0.29) is 11.9 Å². The molecule has 0 saturated carbocycles. The first kappa shape index (κ1) is 13.1. The largest absolute Gasteiger partial charge is 0.333 e. The maximum atomic E-state index is 12.6. The van der Waals surface area contributed by atoms with Gasteiger partial charge in [-0.1, -0.05) is 0 Å². The number of aromatic nitrogens is 1. The molecule has 1 amide bonds. The van der Waals surface area contributed by atoms with Gasteiger partial charge in [0.2, 0.25) is 0 Å². The molecule has 2 aliphatic rings. The highest BCUT2D eigenvalue weighted by molar-refractivity contribution is 9.10. The van der Waals surface area contributed by atoms with E-state index in [1.807, 2.05) is 4.90 Å². The van der Waals surface area contributed by atoms with Crippen molar-refractivity contribution in [3.63, 3.8) is 0 Å². The minimum absolute atomic E-state index is 0.127. The Balaban J connectivity index is 1.79. The van der Waals surface area contributed by atoms with Crippen molar-refractivity contribution in [1.82, 2.24) is 14.8 Å². The lowest BCUT2D eigenvalue weighted by Crippen LogP contribution is -2.56. The van der Waals surface area contributed by atoms with Gasteiger partial charge in [0.15, 0.2) is 0 Å². The van der Waals surface area contributed by atoms with Crippen molar-refractivity contribution < 1.29 is 4.79 Å². The van der Waals surface area contributed by atoms with E-state index in [1.165, 1.54) is 19.4 Å². The maximum Gasteiger partial charge on any atom is 0.254 e. The summed E-state index contributed by atoms with van der Waals surface area (Å²) in [4.78, 5) is 21.2. The maximum absolute atomic E-state index is 12.6. The van der Waals surface area contributed by atoms with Crippen molar-refractivity contribution >= 4 is 21.8 Å². The standard InChI is InChI=1S/C14H18BrN3O/c1-10-8-17-6-2-3-12(17)9-18(10)14(19)11-4-5-16-13(15)7-11/h4-5,7,10,12H,2-3,6,8-9H2,1H3. The molecule has 0 spiro atoms. The predicted octanol–water partition coefficient (Wildman–Crippen LogP) is 2.15. The molecule has 2 aliphatic heterocycles. The number of hydrogen-bond donors (Lipinski definition) is 0. The molecule has 2 atom stereocenters. The van der Waals surface area contributed by atoms with Gasteiger partial charge in [-0.25, -0.2) is 4.98 Å². The van der Waals surface area contributed by atoms with Crippen LogP contribution in [0, 0.1) is 0 Å². The Labute approximate surface area is 121 Å². The van der Waals surface area contributed by atoms with Crippen LogP contribution in [-0.2, 0) is 0 Å². The van der Waals surface area contributed by atoms with Crippen LogP contribution >= 0.6 is 15.9 Å². The monoisotopic (exact) mass is 323 g/mol. The second-order valence-corrected chi connectivity index (χ2v) is 6.28. The van der Waals surface area contributed by atoms with Gasteiger partial charge in [0.25, 0.3) is 5.91 Å². The SMILES string of the molecule is CC1CN2CCCC2CN1C(=O)c1ccnc(Br)c1. The molecule has 102 valence electrons. The second-order valence-electron chi connectivity index (χ2n) is 5.46. The zero-order chi connectivity index (χ0) is 13.4. The molecule has 4 nitrogen and oxygen atoms in total. The average Bonchev–Trinajstić information content (AvgIpc) is 2.84. The zero-order valence-electron chi connectivity index (χ0n) is 11.1. The van der Waals surface area contributed by atoms with Crippen LogP contribution in [0.5, 0.6) is 0 Å². The van der Waals surface area contributed by atoms with Gasteiger partial charge in [0.05, 0.1) is 0 Å². The number of hydrogen-bond acceptors (Lipinski definition) is 3. The first-order valence-electron chi connectivity index (χ1n) is 6.82. The van der Waals surface area contributed by atoms with Gasteiger partial charge in [0, 0.05) is 36.9 Å². The van der Waals surface area contributed by atoms with Crippen LogP contribution in [0.2, 0.25) is 0 Å². The second kappa shape index (κ2) is 5.21. The van der Waals surface area contributed by atoms with Crippen molar-refractivity contribution in [2.24, 2.45) is 0 Å². The normalized spacial score (nSPS) is 27.4. The fourth-order valence-electron chi connectivity index (χ4n) is 3.17. The first-order valence-corrected chi connectivity index (χ1v) is 7.61. The predicted molar refractivity (Wildman–Crippen MR) is 77.0 cm³/mol. The molecule has 1 aromatic heterocycles. The molecule has 2 saturated heterocycles. The number of piperazine rings is 1. The zero-order valence-corrected chi connectivity index (χ0v) is 12.6. The quantitative estimate of drug-likeness (QED) is 0.743. The number of halogens is 1. The minimum Gasteiger partial charge on any atom is -0.333 e. The summed E-state index contributed by atoms with van der Waals surface area (Å²) in [5.41, 5.74) is 0.722. The minimum atomic E-state index is 0.127. The molecule has 5 heteroatoms. The number of carbonyl (C=O) groups excluding carboxylic acids is 1. The Kier molecular flexibility index (Phi) is 3.58. The van der Waals surface area contributed by atoms with E-state index in [0.717, 1.165) is 18.7 Å². The van der Waals surface area contributed by atoms with Gasteiger partial charge in [-0.2, -0.15) is 0 Å². The van der Waals surface area contributed by atoms with Crippen molar-refractivity contribution in [1.29, 1.82) is 0 Å². The van der Waals surface area contributed by atoms with Gasteiger partial charge < -0.3 is 4.90 Å². The van der Waals surface area contributed by atoms with E-state index < -0.39 is 0 Å². The number of carbonyl (C=O) groups is 1. The molecular formula is C14H18BrN3O. The Morgan fingerprint density at radius 2 is 2.32 bits per heavy atom. The summed E-state index contributed by atoms with van der Waals surface area (Å²) in [5.74, 6) is 0.127. The van der Waals surface area contributed by atoms with E-state index in [0.29, 0.717) is 10.6 Å². The van der Waals surface area contributed by atoms with E-state index in [1.54, 1.807) is 18.3 Å². The summed E-state index contributed by atoms with van der Waals surface area (Å²) < 4.78 is 0.713. The molecule has 0 aromatic carbocycles. The smallest absolute Gasteiger partial charge is 0.254 e. The number of amides is 1. The molecule has 0 aliphatic carbocycles. The Bertz CT molecular complexity index is 493. The molecule has 19 heavy (non-hydrogen) atoms. The Hall–Kier alpha value is -0.940. The van der Waals surface area contributed by atoms with Crippen LogP contribution in [0.25, 0.3) is 0 Å². The molecule has 1 aromatic rings. The van der Waals surface area contributed by atoms with Crippen molar-refractivity contribution in [3.8, 4) is 0 Å². The van der Waals surface area contributed by atoms with Gasteiger partial charge in [-0.3, -0.25) is 9.69 Å². The van der Waals surface area contributed by atoms with Crippen molar-refractivity contribution in [3.05, 3.63) is 28.5 Å². The van der Waals surface area contributed by atoms with Gasteiger partial charge in [-0.05, 0) is 54.4 Å². The fraction of sp³-hybridized carbons (Fsp3) is 0.571. The van der Waals surface area contributed by atoms with Gasteiger partial charge in [-0.15, -0.1) is 0 Å². The average molecular weight is 324 g/mol. The lowest BCUT2D eigenvalue weighted by atomic mass is 10.1. The highest BCUT2D eigenvalue weighted by atomic mass is 79.9. The van der Waals surface area contributed by atoms with E-state index >= 15 is 0 Å². The fourth-order valence-corrected chi connectivity index (χ4v) is 3.54. The lowest BCUT2D eigenvalue weighted by molar-refractivity contribution is 0.0395. The highest BCUT2D eigenvalue weighted by Gasteiger charge is 2.36. The third-order valence-corrected chi connectivity index (χ3v) is 4.61. The van der Waals surface area contributed by atoms with Gasteiger partial charge >= 0.3 is 0 Å². The first-order chi connectivity index (χ1) is 9.15. The number of rotatable bonds is 1. The number of pyridine rings is 1. The van der Waals surface area contributed by atoms with Crippen LogP contribution < -0.4 is 0 Å². The summed E-state index contributed by atoms with van der Waals surface area (Å²) in [6.45, 7) is 5.20. The molecule has 3 rings (SSSR count). The van der Waals surface area contributed by atoms with Crippen LogP contribution in [0.3, 0.4) is 0 Å². The summed E-state index contributed by atoms with van der Waals surface area (Å²) in [6.07, 6.45) is 4.16. The molecule has 3 heterocycles. The third kappa shape index (κ3) is 2.54. The van der Waals surface area contributed by atoms with E-state index in [2.05, 4.69) is 32.7 Å². The molecule has 0 N–H and O–H groups in total. The van der Waals surface area contributed by atoms with Crippen molar-refractivity contribution in [2.45, 2.75) is 31.8 Å². The van der Waals surface area contributed by atoms with E-state index in [9.17, 15) is 4.79 Å². The van der Waals surface area contributed by atoms with Crippen LogP contribution in [0.4, 0.5) is 0 Å². The molecule has 2 unspecified atom stereocenters. The van der Waals surface area contributed by atoms with Gasteiger partial charge in [0.1, 0.15) is 4.60 Å². The van der Waals surface area contributed by atoms with Crippen LogP contribution in [-0.4, -0.2) is 52.4 Å². The molecular weight excluding hydrogens is 306 g/mol. The van der Waals surface area contributed by atoms with Crippen molar-refractivity contribution in [2.75, 3.05) is 19.6 Å². The molecule has 0 bridgehead atoms. The summed E-state index contributed by atoms with van der Waals surface area (Å²) in [6, 6.07) is 4.44. The summed E-state index contributed by atoms with van der Waals surface area (Å²) in [5, 5.41) is 0. The lowest BCUT2D eigenvalue weighted by Gasteiger charge is -2.42. The van der Waals surface area contributed by atoms with E-state index in [4.69, 9.17) is 0 Å². The molecule has 0 radical (unpaired) electrons.